The second-order valence-electron chi connectivity index (χ2n) is 3.15. The minimum atomic E-state index is 0.611. The van der Waals surface area contributed by atoms with Crippen molar-refractivity contribution in [2.45, 2.75) is 26.2 Å². The fraction of sp³-hybridized carbons (Fsp3) is 0.778. The number of nitrogens with two attached hydrogens (primary N) is 1. The van der Waals surface area contributed by atoms with Crippen molar-refractivity contribution < 1.29 is 4.74 Å². The van der Waals surface area contributed by atoms with E-state index in [2.05, 4.69) is 6.92 Å². The fourth-order valence-corrected chi connectivity index (χ4v) is 1.38. The second kappa shape index (κ2) is 4.39. The zero-order valence-electron chi connectivity index (χ0n) is 7.18. The molecule has 0 spiro atoms. The Labute approximate surface area is 68.4 Å². The van der Waals surface area contributed by atoms with Crippen LogP contribution in [0, 0.1) is 5.92 Å². The van der Waals surface area contributed by atoms with E-state index in [4.69, 9.17) is 10.5 Å². The van der Waals surface area contributed by atoms with Gasteiger partial charge in [0.1, 0.15) is 0 Å². The SMILES string of the molecule is CC(CCN)C1=COCCC1. The molecule has 0 saturated carbocycles. The Bertz CT molecular complexity index is 142. The second-order valence-corrected chi connectivity index (χ2v) is 3.15. The molecule has 1 atom stereocenters. The molecule has 0 fully saturated rings. The molecule has 11 heavy (non-hydrogen) atoms. The van der Waals surface area contributed by atoms with Crippen molar-refractivity contribution in [1.29, 1.82) is 0 Å². The van der Waals surface area contributed by atoms with E-state index in [-0.39, 0.29) is 0 Å². The molecule has 2 N–H and O–H groups in total. The Hall–Kier alpha value is -0.500. The molecule has 2 heteroatoms. The predicted molar refractivity (Wildman–Crippen MR) is 46.1 cm³/mol. The van der Waals surface area contributed by atoms with E-state index in [1.807, 2.05) is 6.26 Å². The van der Waals surface area contributed by atoms with E-state index in [1.54, 1.807) is 0 Å². The van der Waals surface area contributed by atoms with Crippen molar-refractivity contribution >= 4 is 0 Å². The highest BCUT2D eigenvalue weighted by atomic mass is 16.5. The van der Waals surface area contributed by atoms with Gasteiger partial charge in [-0.1, -0.05) is 6.92 Å². The lowest BCUT2D eigenvalue weighted by atomic mass is 9.94. The maximum atomic E-state index is 5.47. The number of ether oxygens (including phenoxy) is 1. The molecule has 0 aromatic rings. The van der Waals surface area contributed by atoms with Crippen LogP contribution >= 0.6 is 0 Å². The van der Waals surface area contributed by atoms with E-state index in [0.717, 1.165) is 19.6 Å². The van der Waals surface area contributed by atoms with Crippen LogP contribution < -0.4 is 5.73 Å². The van der Waals surface area contributed by atoms with Gasteiger partial charge in [0.05, 0.1) is 12.9 Å². The van der Waals surface area contributed by atoms with Gasteiger partial charge in [-0.15, -0.1) is 0 Å². The van der Waals surface area contributed by atoms with Crippen molar-refractivity contribution in [3.05, 3.63) is 11.8 Å². The van der Waals surface area contributed by atoms with Crippen molar-refractivity contribution in [1.82, 2.24) is 0 Å². The number of hydrogen-bond donors (Lipinski definition) is 1. The van der Waals surface area contributed by atoms with Gasteiger partial charge in [0.25, 0.3) is 0 Å². The Balaban J connectivity index is 2.37. The smallest absolute Gasteiger partial charge is 0.0876 e. The van der Waals surface area contributed by atoms with Crippen molar-refractivity contribution in [3.8, 4) is 0 Å². The van der Waals surface area contributed by atoms with Gasteiger partial charge < -0.3 is 10.5 Å². The summed E-state index contributed by atoms with van der Waals surface area (Å²) in [7, 11) is 0. The van der Waals surface area contributed by atoms with Crippen LogP contribution in [-0.2, 0) is 4.74 Å². The summed E-state index contributed by atoms with van der Waals surface area (Å²) < 4.78 is 5.25. The lowest BCUT2D eigenvalue weighted by Crippen LogP contribution is -2.11. The molecule has 1 aliphatic rings. The van der Waals surface area contributed by atoms with Crippen molar-refractivity contribution in [2.75, 3.05) is 13.2 Å². The molecule has 2 nitrogen and oxygen atoms in total. The Morgan fingerprint density at radius 1 is 1.73 bits per heavy atom. The van der Waals surface area contributed by atoms with E-state index < -0.39 is 0 Å². The van der Waals surface area contributed by atoms with Gasteiger partial charge >= 0.3 is 0 Å². The molecule has 0 aromatic heterocycles. The van der Waals surface area contributed by atoms with Crippen molar-refractivity contribution in [2.24, 2.45) is 11.7 Å². The summed E-state index contributed by atoms with van der Waals surface area (Å²) in [5.74, 6) is 0.611. The average Bonchev–Trinajstić information content (AvgIpc) is 2.07. The largest absolute Gasteiger partial charge is 0.501 e. The molecular formula is C9H17NO. The van der Waals surface area contributed by atoms with Gasteiger partial charge in [0.15, 0.2) is 0 Å². The lowest BCUT2D eigenvalue weighted by molar-refractivity contribution is 0.218. The van der Waals surface area contributed by atoms with Crippen LogP contribution in [0.25, 0.3) is 0 Å². The van der Waals surface area contributed by atoms with E-state index in [0.29, 0.717) is 5.92 Å². The molecule has 1 unspecified atom stereocenters. The molecule has 0 bridgehead atoms. The van der Waals surface area contributed by atoms with Gasteiger partial charge in [-0.05, 0) is 37.3 Å². The van der Waals surface area contributed by atoms with Crippen LogP contribution in [0.15, 0.2) is 11.8 Å². The monoisotopic (exact) mass is 155 g/mol. The first-order valence-electron chi connectivity index (χ1n) is 4.35. The average molecular weight is 155 g/mol. The molecule has 0 aromatic carbocycles. The van der Waals surface area contributed by atoms with Gasteiger partial charge in [0.2, 0.25) is 0 Å². The number of hydrogen-bond acceptors (Lipinski definition) is 2. The lowest BCUT2D eigenvalue weighted by Gasteiger charge is -2.18. The first-order valence-corrected chi connectivity index (χ1v) is 4.35. The van der Waals surface area contributed by atoms with Crippen LogP contribution in [0.2, 0.25) is 0 Å². The van der Waals surface area contributed by atoms with Gasteiger partial charge in [-0.2, -0.15) is 0 Å². The molecule has 1 rings (SSSR count). The van der Waals surface area contributed by atoms with Crippen LogP contribution in [-0.4, -0.2) is 13.2 Å². The highest BCUT2D eigenvalue weighted by molar-refractivity contribution is 5.04. The van der Waals surface area contributed by atoms with Crippen LogP contribution in [0.4, 0.5) is 0 Å². The molecule has 1 aliphatic heterocycles. The predicted octanol–water partition coefficient (Wildman–Crippen LogP) is 1.67. The minimum Gasteiger partial charge on any atom is -0.501 e. The first-order chi connectivity index (χ1) is 5.34. The highest BCUT2D eigenvalue weighted by Crippen LogP contribution is 2.22. The molecule has 64 valence electrons. The summed E-state index contributed by atoms with van der Waals surface area (Å²) in [6.07, 6.45) is 5.36. The van der Waals surface area contributed by atoms with E-state index in [1.165, 1.54) is 18.4 Å². The number of rotatable bonds is 3. The molecule has 1 heterocycles. The molecule has 0 saturated heterocycles. The third-order valence-electron chi connectivity index (χ3n) is 2.20. The van der Waals surface area contributed by atoms with E-state index >= 15 is 0 Å². The zero-order chi connectivity index (χ0) is 8.10. The standard InChI is InChI=1S/C9H17NO/c1-8(4-5-10)9-3-2-6-11-7-9/h7-8H,2-6,10H2,1H3. The fourth-order valence-electron chi connectivity index (χ4n) is 1.38. The zero-order valence-corrected chi connectivity index (χ0v) is 7.18. The molecular weight excluding hydrogens is 138 g/mol. The van der Waals surface area contributed by atoms with E-state index in [9.17, 15) is 0 Å². The third kappa shape index (κ3) is 2.54. The Kier molecular flexibility index (Phi) is 3.43. The third-order valence-corrected chi connectivity index (χ3v) is 2.20. The minimum absolute atomic E-state index is 0.611. The summed E-state index contributed by atoms with van der Waals surface area (Å²) in [6, 6.07) is 0. The maximum Gasteiger partial charge on any atom is 0.0876 e. The Morgan fingerprint density at radius 3 is 3.09 bits per heavy atom. The van der Waals surface area contributed by atoms with Gasteiger partial charge in [0, 0.05) is 0 Å². The summed E-state index contributed by atoms with van der Waals surface area (Å²) in [6.45, 7) is 3.88. The molecule has 0 amide bonds. The summed E-state index contributed by atoms with van der Waals surface area (Å²) >= 11 is 0. The normalized spacial score (nSPS) is 20.4. The summed E-state index contributed by atoms with van der Waals surface area (Å²) in [5.41, 5.74) is 6.90. The number of allylic oxidation sites excluding steroid dienone is 1. The first kappa shape index (κ1) is 8.60. The van der Waals surface area contributed by atoms with Gasteiger partial charge in [-0.25, -0.2) is 0 Å². The van der Waals surface area contributed by atoms with Crippen LogP contribution in [0.5, 0.6) is 0 Å². The summed E-state index contributed by atoms with van der Waals surface area (Å²) in [5, 5.41) is 0. The quantitative estimate of drug-likeness (QED) is 0.672. The topological polar surface area (TPSA) is 35.2 Å². The molecule has 0 radical (unpaired) electrons. The maximum absolute atomic E-state index is 5.47. The summed E-state index contributed by atoms with van der Waals surface area (Å²) in [4.78, 5) is 0. The van der Waals surface area contributed by atoms with Gasteiger partial charge in [-0.3, -0.25) is 0 Å². The highest BCUT2D eigenvalue weighted by Gasteiger charge is 2.10. The Morgan fingerprint density at radius 2 is 2.55 bits per heavy atom. The van der Waals surface area contributed by atoms with Crippen molar-refractivity contribution in [3.63, 3.8) is 0 Å². The van der Waals surface area contributed by atoms with Crippen LogP contribution in [0.1, 0.15) is 26.2 Å². The molecule has 0 aliphatic carbocycles. The van der Waals surface area contributed by atoms with Crippen LogP contribution in [0.3, 0.4) is 0 Å².